The van der Waals surface area contributed by atoms with Crippen LogP contribution in [0.2, 0.25) is 0 Å². The predicted octanol–water partition coefficient (Wildman–Crippen LogP) is 2.04. The van der Waals surface area contributed by atoms with Crippen LogP contribution in [-0.2, 0) is 4.74 Å². The first-order valence-corrected chi connectivity index (χ1v) is 8.97. The maximum Gasteiger partial charge on any atom is 0.431 e. The lowest BCUT2D eigenvalue weighted by molar-refractivity contribution is 0.119. The molecule has 0 bridgehead atoms. The first kappa shape index (κ1) is 17.0. The molecule has 2 heterocycles. The lowest BCUT2D eigenvalue weighted by Gasteiger charge is -2.12. The van der Waals surface area contributed by atoms with Gasteiger partial charge >= 0.3 is 6.09 Å². The van der Waals surface area contributed by atoms with E-state index < -0.39 is 29.0 Å². The molecular weight excluding hydrogens is 358 g/mol. The van der Waals surface area contributed by atoms with Crippen molar-refractivity contribution < 1.29 is 13.9 Å². The molecule has 1 aliphatic carbocycles. The topological polar surface area (TPSA) is 70.3 Å². The Morgan fingerprint density at radius 1 is 1.35 bits per heavy atom. The van der Waals surface area contributed by atoms with Crippen molar-refractivity contribution in [3.8, 4) is 0 Å². The molecule has 1 aliphatic rings. The van der Waals surface area contributed by atoms with Crippen LogP contribution in [0.5, 0.6) is 0 Å². The number of aromatic nitrogens is 2. The molecule has 0 aliphatic heterocycles. The molecule has 26 heavy (non-hydrogen) atoms. The molecule has 6 nitrogen and oxygen atoms in total. The number of rotatable bonds is 2. The Balaban J connectivity index is 2.13. The highest BCUT2D eigenvalue weighted by Crippen LogP contribution is 2.39. The number of benzene rings is 1. The monoisotopic (exact) mass is 372 g/mol. The van der Waals surface area contributed by atoms with Crippen LogP contribution < -0.4 is 16.5 Å². The second-order valence-electron chi connectivity index (χ2n) is 6.62. The quantitative estimate of drug-likeness (QED) is 0.646. The molecule has 4 rings (SSSR count). The van der Waals surface area contributed by atoms with Gasteiger partial charge in [0.1, 0.15) is 23.9 Å². The maximum atomic E-state index is 13.9. The standard InChI is InChI=1S/C17H14BFN2O4S/c1-7(2)25-17(24)21-15(23)13-14(22)9-5-11(19)10(18)6-12(9)20(8-3-4-8)16(13)26-21/h5-8H,3-4H2,1-2H3. The number of pyridine rings is 1. The highest BCUT2D eigenvalue weighted by atomic mass is 32.1. The van der Waals surface area contributed by atoms with E-state index in [-0.39, 0.29) is 22.3 Å². The minimum atomic E-state index is -0.831. The molecule has 0 unspecified atom stereocenters. The number of hydrogen-bond donors (Lipinski definition) is 0. The minimum absolute atomic E-state index is 0.0725. The third kappa shape index (κ3) is 2.49. The normalized spacial score (nSPS) is 14.5. The number of carbonyl (C=O) groups is 1. The van der Waals surface area contributed by atoms with E-state index in [0.29, 0.717) is 10.3 Å². The third-order valence-electron chi connectivity index (χ3n) is 4.27. The highest BCUT2D eigenvalue weighted by Gasteiger charge is 2.30. The number of halogens is 1. The second kappa shape index (κ2) is 5.80. The summed E-state index contributed by atoms with van der Waals surface area (Å²) >= 11 is 0.866. The Kier molecular flexibility index (Phi) is 3.80. The van der Waals surface area contributed by atoms with E-state index in [4.69, 9.17) is 12.6 Å². The van der Waals surface area contributed by atoms with Crippen molar-refractivity contribution in [2.45, 2.75) is 38.8 Å². The minimum Gasteiger partial charge on any atom is -0.446 e. The lowest BCUT2D eigenvalue weighted by atomic mass is 9.93. The lowest BCUT2D eigenvalue weighted by Crippen LogP contribution is -2.27. The summed E-state index contributed by atoms with van der Waals surface area (Å²) in [7, 11) is 5.68. The average molecular weight is 372 g/mol. The van der Waals surface area contributed by atoms with Gasteiger partial charge in [-0.3, -0.25) is 9.59 Å². The summed E-state index contributed by atoms with van der Waals surface area (Å²) in [6.07, 6.45) is 0.498. The highest BCUT2D eigenvalue weighted by molar-refractivity contribution is 7.14. The van der Waals surface area contributed by atoms with Crippen LogP contribution in [0, 0.1) is 5.82 Å². The van der Waals surface area contributed by atoms with Crippen LogP contribution >= 0.6 is 11.5 Å². The van der Waals surface area contributed by atoms with Crippen molar-refractivity contribution >= 4 is 52.1 Å². The van der Waals surface area contributed by atoms with Crippen LogP contribution in [-0.4, -0.2) is 28.6 Å². The fourth-order valence-electron chi connectivity index (χ4n) is 2.99. The van der Waals surface area contributed by atoms with Crippen molar-refractivity contribution in [2.75, 3.05) is 0 Å². The Hall–Kier alpha value is -2.42. The molecule has 0 atom stereocenters. The van der Waals surface area contributed by atoms with Gasteiger partial charge in [-0.2, -0.15) is 3.96 Å². The number of fused-ring (bicyclic) bond motifs is 2. The zero-order valence-corrected chi connectivity index (χ0v) is 14.9. The molecule has 2 aromatic heterocycles. The summed E-state index contributed by atoms with van der Waals surface area (Å²) < 4.78 is 21.7. The zero-order valence-electron chi connectivity index (χ0n) is 14.1. The van der Waals surface area contributed by atoms with Crippen LogP contribution in [0.3, 0.4) is 0 Å². The molecule has 132 valence electrons. The molecule has 0 N–H and O–H groups in total. The summed E-state index contributed by atoms with van der Waals surface area (Å²) in [5, 5.41) is -0.0466. The number of carbonyl (C=O) groups excluding carboxylic acids is 1. The predicted molar refractivity (Wildman–Crippen MR) is 98.5 cm³/mol. The second-order valence-corrected chi connectivity index (χ2v) is 7.56. The van der Waals surface area contributed by atoms with Crippen molar-refractivity contribution in [3.63, 3.8) is 0 Å². The molecule has 1 saturated carbocycles. The zero-order chi connectivity index (χ0) is 18.7. The van der Waals surface area contributed by atoms with Crippen LogP contribution in [0.1, 0.15) is 32.7 Å². The fourth-order valence-corrected chi connectivity index (χ4v) is 4.06. The average Bonchev–Trinajstić information content (AvgIpc) is 3.32. The van der Waals surface area contributed by atoms with Crippen molar-refractivity contribution in [2.24, 2.45) is 0 Å². The van der Waals surface area contributed by atoms with Crippen molar-refractivity contribution in [1.29, 1.82) is 0 Å². The molecule has 3 aromatic rings. The van der Waals surface area contributed by atoms with Gasteiger partial charge in [-0.1, -0.05) is 5.46 Å². The first-order chi connectivity index (χ1) is 12.3. The molecule has 0 spiro atoms. The van der Waals surface area contributed by atoms with E-state index in [1.54, 1.807) is 13.8 Å². The molecular formula is C17H14BFN2O4S. The largest absolute Gasteiger partial charge is 0.446 e. The number of ether oxygens (including phenoxy) is 1. The summed E-state index contributed by atoms with van der Waals surface area (Å²) in [5.41, 5.74) is -0.955. The maximum absolute atomic E-state index is 13.9. The molecule has 0 amide bonds. The smallest absolute Gasteiger partial charge is 0.431 e. The van der Waals surface area contributed by atoms with Gasteiger partial charge in [-0.05, 0) is 50.4 Å². The third-order valence-corrected chi connectivity index (χ3v) is 5.34. The van der Waals surface area contributed by atoms with Crippen molar-refractivity contribution in [1.82, 2.24) is 8.52 Å². The molecule has 2 radical (unpaired) electrons. The van der Waals surface area contributed by atoms with Gasteiger partial charge in [-0.15, -0.1) is 0 Å². The van der Waals surface area contributed by atoms with E-state index in [0.717, 1.165) is 34.4 Å². The Morgan fingerprint density at radius 3 is 2.65 bits per heavy atom. The first-order valence-electron chi connectivity index (χ1n) is 8.20. The van der Waals surface area contributed by atoms with Gasteiger partial charge < -0.3 is 9.30 Å². The number of nitrogens with zero attached hydrogens (tertiary/aromatic N) is 2. The van der Waals surface area contributed by atoms with Gasteiger partial charge in [0.05, 0.1) is 11.6 Å². The van der Waals surface area contributed by atoms with Gasteiger partial charge in [0.25, 0.3) is 5.56 Å². The Morgan fingerprint density at radius 2 is 2.04 bits per heavy atom. The van der Waals surface area contributed by atoms with Gasteiger partial charge in [0.2, 0.25) is 5.43 Å². The number of hydrogen-bond acceptors (Lipinski definition) is 5. The van der Waals surface area contributed by atoms with E-state index in [1.807, 2.05) is 4.57 Å². The van der Waals surface area contributed by atoms with E-state index in [2.05, 4.69) is 0 Å². The van der Waals surface area contributed by atoms with Crippen molar-refractivity contribution in [3.05, 3.63) is 38.5 Å². The van der Waals surface area contributed by atoms with Crippen LogP contribution in [0.15, 0.2) is 21.7 Å². The SMILES string of the molecule is [B]c1cc2c(cc1F)c(=O)c1c(=O)n(C(=O)OC(C)C)sc1n2C1CC1. The molecule has 9 heteroatoms. The summed E-state index contributed by atoms with van der Waals surface area (Å²) in [5.74, 6) is -0.717. The Bertz CT molecular complexity index is 1190. The molecule has 1 fully saturated rings. The van der Waals surface area contributed by atoms with Crippen LogP contribution in [0.25, 0.3) is 21.1 Å². The summed E-state index contributed by atoms with van der Waals surface area (Å²) in [4.78, 5) is 38.1. The van der Waals surface area contributed by atoms with Gasteiger partial charge in [0.15, 0.2) is 0 Å². The van der Waals surface area contributed by atoms with E-state index in [9.17, 15) is 18.8 Å². The van der Waals surface area contributed by atoms with Gasteiger partial charge in [0, 0.05) is 11.4 Å². The fraction of sp³-hybridized carbons (Fsp3) is 0.353. The molecule has 0 saturated heterocycles. The summed E-state index contributed by atoms with van der Waals surface area (Å²) in [6, 6.07) is 2.54. The van der Waals surface area contributed by atoms with E-state index in [1.165, 1.54) is 6.07 Å². The Labute approximate surface area is 152 Å². The van der Waals surface area contributed by atoms with Crippen LogP contribution in [0.4, 0.5) is 9.18 Å². The molecule has 1 aromatic carbocycles. The summed E-state index contributed by atoms with van der Waals surface area (Å²) in [6.45, 7) is 3.33. The van der Waals surface area contributed by atoms with Gasteiger partial charge in [-0.25, -0.2) is 9.18 Å². The van der Waals surface area contributed by atoms with E-state index >= 15 is 0 Å².